The second-order valence-electron chi connectivity index (χ2n) is 6.40. The molecule has 3 atom stereocenters. The molecule has 0 aromatic carbocycles. The van der Waals surface area contributed by atoms with E-state index in [2.05, 4.69) is 20.8 Å². The topological polar surface area (TPSA) is 46.5 Å². The van der Waals surface area contributed by atoms with Gasteiger partial charge in [-0.2, -0.15) is 0 Å². The summed E-state index contributed by atoms with van der Waals surface area (Å²) in [6, 6.07) is 0. The Morgan fingerprint density at radius 1 is 1.39 bits per heavy atom. The molecule has 0 aromatic rings. The lowest BCUT2D eigenvalue weighted by molar-refractivity contribution is -0.183. The van der Waals surface area contributed by atoms with Crippen LogP contribution in [0, 0.1) is 22.2 Å². The van der Waals surface area contributed by atoms with E-state index < -0.39 is 0 Å². The van der Waals surface area contributed by atoms with Gasteiger partial charge in [-0.3, -0.25) is 0 Å². The molecular weight excluding hydrogens is 228 g/mol. The van der Waals surface area contributed by atoms with Crippen molar-refractivity contribution in [1.82, 2.24) is 0 Å². The third-order valence-corrected chi connectivity index (χ3v) is 6.03. The van der Waals surface area contributed by atoms with Crippen molar-refractivity contribution in [2.24, 2.45) is 22.2 Å². The zero-order chi connectivity index (χ0) is 13.6. The lowest BCUT2D eigenvalue weighted by atomic mass is 9.38. The highest BCUT2D eigenvalue weighted by atomic mass is 16.5. The van der Waals surface area contributed by atoms with Crippen LogP contribution in [0.1, 0.15) is 40.5 Å². The van der Waals surface area contributed by atoms with Crippen LogP contribution in [0.5, 0.6) is 0 Å². The summed E-state index contributed by atoms with van der Waals surface area (Å²) in [5, 5.41) is 9.65. The van der Waals surface area contributed by atoms with Crippen molar-refractivity contribution in [2.45, 2.75) is 40.5 Å². The van der Waals surface area contributed by atoms with E-state index in [9.17, 15) is 9.90 Å². The Morgan fingerprint density at radius 3 is 2.56 bits per heavy atom. The van der Waals surface area contributed by atoms with Crippen molar-refractivity contribution < 1.29 is 14.6 Å². The van der Waals surface area contributed by atoms with Gasteiger partial charge in [0.15, 0.2) is 0 Å². The molecule has 3 saturated carbocycles. The highest BCUT2D eigenvalue weighted by Gasteiger charge is 2.76. The minimum Gasteiger partial charge on any atom is -0.463 e. The van der Waals surface area contributed by atoms with Gasteiger partial charge in [-0.05, 0) is 41.9 Å². The summed E-state index contributed by atoms with van der Waals surface area (Å²) in [4.78, 5) is 11.5. The van der Waals surface area contributed by atoms with Crippen LogP contribution in [0.15, 0.2) is 12.2 Å². The van der Waals surface area contributed by atoms with Crippen LogP contribution in [0.4, 0.5) is 0 Å². The fourth-order valence-electron chi connectivity index (χ4n) is 4.51. The number of aliphatic hydroxyl groups excluding tert-OH is 1. The largest absolute Gasteiger partial charge is 0.463 e. The van der Waals surface area contributed by atoms with Crippen molar-refractivity contribution in [3.8, 4) is 0 Å². The van der Waals surface area contributed by atoms with E-state index in [0.29, 0.717) is 6.61 Å². The lowest BCUT2D eigenvalue weighted by Gasteiger charge is -2.66. The number of rotatable bonds is 4. The van der Waals surface area contributed by atoms with Gasteiger partial charge in [-0.1, -0.05) is 26.8 Å². The standard InChI is InChI=1S/C15H24O3/c1-5-18-12(17)6-7-15-9-8-14(4,11(15)10-16)13(15,2)3/h6-7,11,16H,5,8-10H2,1-4H3/b7-6+/t11-,14-,15?/m0/s1. The molecule has 2 bridgehead atoms. The number of aliphatic hydroxyl groups is 1. The van der Waals surface area contributed by atoms with Gasteiger partial charge >= 0.3 is 5.97 Å². The average Bonchev–Trinajstić information content (AvgIpc) is 2.72. The molecule has 0 radical (unpaired) electrons. The lowest BCUT2D eigenvalue weighted by Crippen LogP contribution is -2.63. The minimum atomic E-state index is -0.278. The van der Waals surface area contributed by atoms with Gasteiger partial charge in [0.1, 0.15) is 0 Å². The molecule has 3 fully saturated rings. The first-order valence-corrected chi connectivity index (χ1v) is 6.82. The van der Waals surface area contributed by atoms with E-state index in [1.54, 1.807) is 13.0 Å². The van der Waals surface area contributed by atoms with Crippen LogP contribution in [0.2, 0.25) is 0 Å². The molecule has 3 aliphatic rings. The highest BCUT2D eigenvalue weighted by molar-refractivity contribution is 5.82. The van der Waals surface area contributed by atoms with Crippen LogP contribution in [-0.2, 0) is 9.53 Å². The number of hydrogen-bond donors (Lipinski definition) is 1. The quantitative estimate of drug-likeness (QED) is 0.618. The summed E-state index contributed by atoms with van der Waals surface area (Å²) >= 11 is 0. The van der Waals surface area contributed by atoms with E-state index in [0.717, 1.165) is 12.8 Å². The van der Waals surface area contributed by atoms with Gasteiger partial charge in [-0.15, -0.1) is 0 Å². The number of fused-ring (bicyclic) bond motifs is 1. The Bertz CT molecular complexity index is 385. The summed E-state index contributed by atoms with van der Waals surface area (Å²) in [5.74, 6) is -0.00876. The van der Waals surface area contributed by atoms with Gasteiger partial charge in [0.05, 0.1) is 6.61 Å². The normalized spacial score (nSPS) is 40.8. The number of hydrogen-bond acceptors (Lipinski definition) is 3. The Hall–Kier alpha value is -0.830. The number of carbonyl (C=O) groups excluding carboxylic acids is 1. The zero-order valence-corrected chi connectivity index (χ0v) is 11.8. The van der Waals surface area contributed by atoms with Crippen LogP contribution >= 0.6 is 0 Å². The van der Waals surface area contributed by atoms with Crippen molar-refractivity contribution in [3.63, 3.8) is 0 Å². The molecule has 1 unspecified atom stereocenters. The maximum atomic E-state index is 11.5. The second kappa shape index (κ2) is 4.09. The molecule has 3 rings (SSSR count). The molecule has 1 N–H and O–H groups in total. The molecule has 0 aliphatic heterocycles. The molecule has 0 amide bonds. The number of allylic oxidation sites excluding steroid dienone is 1. The molecule has 0 spiro atoms. The maximum absolute atomic E-state index is 11.5. The van der Waals surface area contributed by atoms with Crippen molar-refractivity contribution in [2.75, 3.05) is 13.2 Å². The molecular formula is C15H24O3. The fraction of sp³-hybridized carbons (Fsp3) is 0.800. The smallest absolute Gasteiger partial charge is 0.330 e. The maximum Gasteiger partial charge on any atom is 0.330 e. The minimum absolute atomic E-state index is 0.0384. The summed E-state index contributed by atoms with van der Waals surface area (Å²) < 4.78 is 4.94. The van der Waals surface area contributed by atoms with Crippen molar-refractivity contribution in [3.05, 3.63) is 12.2 Å². The van der Waals surface area contributed by atoms with Gasteiger partial charge in [0.25, 0.3) is 0 Å². The van der Waals surface area contributed by atoms with Crippen molar-refractivity contribution >= 4 is 5.97 Å². The van der Waals surface area contributed by atoms with Crippen LogP contribution in [0.25, 0.3) is 0 Å². The molecule has 0 aromatic heterocycles. The summed E-state index contributed by atoms with van der Waals surface area (Å²) in [6.07, 6.45) is 5.73. The van der Waals surface area contributed by atoms with E-state index >= 15 is 0 Å². The first-order valence-electron chi connectivity index (χ1n) is 6.82. The number of esters is 1. The predicted molar refractivity (Wildman–Crippen MR) is 69.9 cm³/mol. The Labute approximate surface area is 109 Å². The number of carbonyl (C=O) groups is 1. The Kier molecular flexibility index (Phi) is 3.09. The first kappa shape index (κ1) is 13.6. The fourth-order valence-corrected chi connectivity index (χ4v) is 4.51. The van der Waals surface area contributed by atoms with E-state index in [1.165, 1.54) is 0 Å². The van der Waals surface area contributed by atoms with E-state index in [4.69, 9.17) is 4.74 Å². The Balaban J connectivity index is 2.23. The van der Waals surface area contributed by atoms with Crippen LogP contribution in [-0.4, -0.2) is 24.3 Å². The van der Waals surface area contributed by atoms with Crippen LogP contribution in [0.3, 0.4) is 0 Å². The highest BCUT2D eigenvalue weighted by Crippen LogP contribution is 2.81. The van der Waals surface area contributed by atoms with Gasteiger partial charge in [0, 0.05) is 12.7 Å². The summed E-state index contributed by atoms with van der Waals surface area (Å²) in [6.45, 7) is 9.18. The zero-order valence-electron chi connectivity index (χ0n) is 11.8. The summed E-state index contributed by atoms with van der Waals surface area (Å²) in [7, 11) is 0. The Morgan fingerprint density at radius 2 is 2.06 bits per heavy atom. The molecule has 0 saturated heterocycles. The third kappa shape index (κ3) is 1.37. The molecule has 3 aliphatic carbocycles. The summed E-state index contributed by atoms with van der Waals surface area (Å²) in [5.41, 5.74) is 0.292. The monoisotopic (exact) mass is 252 g/mol. The molecule has 102 valence electrons. The molecule has 3 nitrogen and oxygen atoms in total. The van der Waals surface area contributed by atoms with Crippen molar-refractivity contribution in [1.29, 1.82) is 0 Å². The van der Waals surface area contributed by atoms with Gasteiger partial charge in [0.2, 0.25) is 0 Å². The molecule has 18 heavy (non-hydrogen) atoms. The van der Waals surface area contributed by atoms with Gasteiger partial charge < -0.3 is 9.84 Å². The third-order valence-electron chi connectivity index (χ3n) is 6.03. The second-order valence-corrected chi connectivity index (χ2v) is 6.40. The molecule has 0 heterocycles. The molecule has 3 heteroatoms. The SMILES string of the molecule is CCOC(=O)/C=C/C12CC[C@@](C)([C@@H]1CO)C2(C)C. The van der Waals surface area contributed by atoms with Gasteiger partial charge in [-0.25, -0.2) is 4.79 Å². The van der Waals surface area contributed by atoms with E-state index in [1.807, 2.05) is 6.08 Å². The first-order chi connectivity index (χ1) is 8.35. The number of ether oxygens (including phenoxy) is 1. The van der Waals surface area contributed by atoms with Crippen LogP contribution < -0.4 is 0 Å². The van der Waals surface area contributed by atoms with E-state index in [-0.39, 0.29) is 34.7 Å². The average molecular weight is 252 g/mol. The predicted octanol–water partition coefficient (Wildman–Crippen LogP) is 2.54.